The third kappa shape index (κ3) is 4.81. The van der Waals surface area contributed by atoms with Crippen molar-refractivity contribution >= 4 is 30.7 Å². The van der Waals surface area contributed by atoms with Gasteiger partial charge in [0.1, 0.15) is 0 Å². The van der Waals surface area contributed by atoms with Crippen LogP contribution in [0.2, 0.25) is 0 Å². The Balaban J connectivity index is 0.00000113. The van der Waals surface area contributed by atoms with Gasteiger partial charge < -0.3 is 15.0 Å². The summed E-state index contributed by atoms with van der Waals surface area (Å²) < 4.78 is 5.47. The summed E-state index contributed by atoms with van der Waals surface area (Å²) >= 11 is 0. The Morgan fingerprint density at radius 3 is 2.36 bits per heavy atom. The second-order valence-electron chi connectivity index (χ2n) is 8.17. The highest BCUT2D eigenvalue weighted by molar-refractivity contribution is 5.85. The number of rotatable bonds is 3. The van der Waals surface area contributed by atoms with Crippen LogP contribution in [0, 0.1) is 11.8 Å². The first-order valence-electron chi connectivity index (χ1n) is 9.54. The quantitative estimate of drug-likeness (QED) is 0.795. The summed E-state index contributed by atoms with van der Waals surface area (Å²) in [6.07, 6.45) is 5.82. The highest BCUT2D eigenvalue weighted by Crippen LogP contribution is 2.33. The van der Waals surface area contributed by atoms with E-state index in [0.717, 1.165) is 45.8 Å². The van der Waals surface area contributed by atoms with Crippen LogP contribution < -0.4 is 5.32 Å². The SMILES string of the molecule is CC1CN(C(=O)CC2CC3CCC(C2)N3)CC1N1CCOCC1.Cl.Cl. The first-order chi connectivity index (χ1) is 11.2. The zero-order chi connectivity index (χ0) is 15.8. The lowest BCUT2D eigenvalue weighted by Gasteiger charge is -2.34. The lowest BCUT2D eigenvalue weighted by atomic mass is 9.89. The lowest BCUT2D eigenvalue weighted by Crippen LogP contribution is -2.47. The van der Waals surface area contributed by atoms with Crippen molar-refractivity contribution in [2.24, 2.45) is 11.8 Å². The number of carbonyl (C=O) groups excluding carboxylic acids is 1. The maximum atomic E-state index is 12.8. The van der Waals surface area contributed by atoms with Gasteiger partial charge in [0.05, 0.1) is 13.2 Å². The average molecular weight is 394 g/mol. The summed E-state index contributed by atoms with van der Waals surface area (Å²) in [5.74, 6) is 1.60. The predicted octanol–water partition coefficient (Wildman–Crippen LogP) is 1.93. The Morgan fingerprint density at radius 1 is 1.08 bits per heavy atom. The van der Waals surface area contributed by atoms with Crippen molar-refractivity contribution in [1.82, 2.24) is 15.1 Å². The number of hydrogen-bond donors (Lipinski definition) is 1. The maximum Gasteiger partial charge on any atom is 0.222 e. The van der Waals surface area contributed by atoms with E-state index in [0.29, 0.717) is 35.9 Å². The minimum atomic E-state index is 0. The molecule has 25 heavy (non-hydrogen) atoms. The fourth-order valence-electron chi connectivity index (χ4n) is 5.26. The highest BCUT2D eigenvalue weighted by Gasteiger charge is 2.39. The minimum Gasteiger partial charge on any atom is -0.379 e. The number of ether oxygens (including phenoxy) is 1. The van der Waals surface area contributed by atoms with E-state index in [9.17, 15) is 4.79 Å². The molecule has 0 aromatic rings. The molecule has 0 radical (unpaired) electrons. The molecule has 0 aromatic heterocycles. The number of carbonyl (C=O) groups is 1. The number of piperidine rings is 1. The Hall–Kier alpha value is -0.0700. The average Bonchev–Trinajstić information content (AvgIpc) is 3.11. The number of likely N-dealkylation sites (tertiary alicyclic amines) is 1. The minimum absolute atomic E-state index is 0. The van der Waals surface area contributed by atoms with Gasteiger partial charge in [0, 0.05) is 50.7 Å². The molecule has 4 aliphatic heterocycles. The summed E-state index contributed by atoms with van der Waals surface area (Å²) in [5, 5.41) is 3.68. The summed E-state index contributed by atoms with van der Waals surface area (Å²) in [4.78, 5) is 17.5. The first-order valence-corrected chi connectivity index (χ1v) is 9.54. The van der Waals surface area contributed by atoms with Crippen LogP contribution in [0.25, 0.3) is 0 Å². The summed E-state index contributed by atoms with van der Waals surface area (Å²) in [5.41, 5.74) is 0. The van der Waals surface area contributed by atoms with Crippen molar-refractivity contribution in [3.05, 3.63) is 0 Å². The molecule has 0 spiro atoms. The molecule has 0 saturated carbocycles. The molecular weight excluding hydrogens is 361 g/mol. The zero-order valence-corrected chi connectivity index (χ0v) is 16.8. The van der Waals surface area contributed by atoms with E-state index >= 15 is 0 Å². The molecule has 4 atom stereocenters. The first kappa shape index (κ1) is 21.2. The molecule has 7 heteroatoms. The number of hydrogen-bond acceptors (Lipinski definition) is 4. The van der Waals surface area contributed by atoms with Gasteiger partial charge in [-0.25, -0.2) is 0 Å². The summed E-state index contributed by atoms with van der Waals surface area (Å²) in [6, 6.07) is 1.90. The molecule has 4 saturated heterocycles. The van der Waals surface area contributed by atoms with Crippen LogP contribution in [-0.4, -0.2) is 73.2 Å². The molecule has 1 N–H and O–H groups in total. The number of nitrogens with one attached hydrogen (secondary N) is 1. The molecule has 2 bridgehead atoms. The molecule has 4 fully saturated rings. The van der Waals surface area contributed by atoms with Crippen molar-refractivity contribution in [3.63, 3.8) is 0 Å². The van der Waals surface area contributed by atoms with Gasteiger partial charge >= 0.3 is 0 Å². The third-order valence-electron chi connectivity index (χ3n) is 6.47. The van der Waals surface area contributed by atoms with Gasteiger partial charge in [-0.1, -0.05) is 6.92 Å². The highest BCUT2D eigenvalue weighted by atomic mass is 35.5. The molecule has 4 heterocycles. The Morgan fingerprint density at radius 2 is 1.72 bits per heavy atom. The van der Waals surface area contributed by atoms with E-state index in [1.165, 1.54) is 25.7 Å². The third-order valence-corrected chi connectivity index (χ3v) is 6.47. The van der Waals surface area contributed by atoms with Gasteiger partial charge in [0.2, 0.25) is 5.91 Å². The lowest BCUT2D eigenvalue weighted by molar-refractivity contribution is -0.131. The van der Waals surface area contributed by atoms with Crippen molar-refractivity contribution < 1.29 is 9.53 Å². The van der Waals surface area contributed by atoms with Crippen LogP contribution >= 0.6 is 24.8 Å². The van der Waals surface area contributed by atoms with Gasteiger partial charge in [-0.15, -0.1) is 24.8 Å². The molecule has 4 unspecified atom stereocenters. The van der Waals surface area contributed by atoms with Crippen LogP contribution in [0.3, 0.4) is 0 Å². The van der Waals surface area contributed by atoms with Crippen molar-refractivity contribution in [2.45, 2.75) is 57.2 Å². The van der Waals surface area contributed by atoms with Crippen molar-refractivity contribution in [2.75, 3.05) is 39.4 Å². The van der Waals surface area contributed by atoms with Gasteiger partial charge in [-0.3, -0.25) is 9.69 Å². The van der Waals surface area contributed by atoms with Gasteiger partial charge in [0.25, 0.3) is 0 Å². The number of halogens is 2. The molecule has 4 aliphatic rings. The molecule has 1 amide bonds. The van der Waals surface area contributed by atoms with E-state index in [1.54, 1.807) is 0 Å². The van der Waals surface area contributed by atoms with E-state index < -0.39 is 0 Å². The monoisotopic (exact) mass is 393 g/mol. The van der Waals surface area contributed by atoms with E-state index in [4.69, 9.17) is 4.74 Å². The van der Waals surface area contributed by atoms with E-state index in [2.05, 4.69) is 22.0 Å². The van der Waals surface area contributed by atoms with Crippen LogP contribution in [0.1, 0.15) is 39.0 Å². The zero-order valence-electron chi connectivity index (χ0n) is 15.2. The fraction of sp³-hybridized carbons (Fsp3) is 0.944. The Labute approximate surface area is 164 Å². The van der Waals surface area contributed by atoms with Crippen LogP contribution in [0.15, 0.2) is 0 Å². The normalized spacial score (nSPS) is 38.1. The molecule has 5 nitrogen and oxygen atoms in total. The van der Waals surface area contributed by atoms with Crippen LogP contribution in [0.4, 0.5) is 0 Å². The van der Waals surface area contributed by atoms with Crippen molar-refractivity contribution in [1.29, 1.82) is 0 Å². The molecule has 4 rings (SSSR count). The van der Waals surface area contributed by atoms with E-state index in [-0.39, 0.29) is 24.8 Å². The Kier molecular flexibility index (Phi) is 7.84. The number of nitrogens with zero attached hydrogens (tertiary/aromatic N) is 2. The Bertz CT molecular complexity index is 436. The smallest absolute Gasteiger partial charge is 0.222 e. The van der Waals surface area contributed by atoms with E-state index in [1.807, 2.05) is 0 Å². The standard InChI is InChI=1S/C18H31N3O2.2ClH/c1-13-11-21(12-17(13)20-4-6-23-7-5-20)18(22)10-14-8-15-2-3-16(9-14)19-15;;/h13-17,19H,2-12H2,1H3;2*1H. The maximum absolute atomic E-state index is 12.8. The molecule has 0 aromatic carbocycles. The number of morpholine rings is 1. The molecule has 0 aliphatic carbocycles. The fourth-order valence-corrected chi connectivity index (χ4v) is 5.26. The second kappa shape index (κ2) is 9.23. The van der Waals surface area contributed by atoms with Gasteiger partial charge in [-0.05, 0) is 37.5 Å². The van der Waals surface area contributed by atoms with Crippen molar-refractivity contribution in [3.8, 4) is 0 Å². The van der Waals surface area contributed by atoms with Crippen LogP contribution in [0.5, 0.6) is 0 Å². The molecular formula is C18H33Cl2N3O2. The predicted molar refractivity (Wildman–Crippen MR) is 104 cm³/mol. The summed E-state index contributed by atoms with van der Waals surface area (Å²) in [7, 11) is 0. The number of amides is 1. The largest absolute Gasteiger partial charge is 0.379 e. The van der Waals surface area contributed by atoms with Gasteiger partial charge in [0.15, 0.2) is 0 Å². The topological polar surface area (TPSA) is 44.8 Å². The van der Waals surface area contributed by atoms with Crippen LogP contribution in [-0.2, 0) is 9.53 Å². The van der Waals surface area contributed by atoms with Gasteiger partial charge in [-0.2, -0.15) is 0 Å². The molecule has 146 valence electrons. The number of fused-ring (bicyclic) bond motifs is 2. The summed E-state index contributed by atoms with van der Waals surface area (Å²) in [6.45, 7) is 7.90. The second-order valence-corrected chi connectivity index (χ2v) is 8.17.